The minimum absolute atomic E-state index is 0.223. The number of ether oxygens (including phenoxy) is 1. The fraction of sp³-hybridized carbons (Fsp3) is 0.227. The van der Waals surface area contributed by atoms with Crippen molar-refractivity contribution in [3.63, 3.8) is 0 Å². The Labute approximate surface area is 173 Å². The van der Waals surface area contributed by atoms with E-state index in [9.17, 15) is 9.59 Å². The molecule has 0 aliphatic rings. The monoisotopic (exact) mass is 409 g/mol. The summed E-state index contributed by atoms with van der Waals surface area (Å²) < 4.78 is 6.99. The lowest BCUT2D eigenvalue weighted by Crippen LogP contribution is -2.34. The highest BCUT2D eigenvalue weighted by Crippen LogP contribution is 2.25. The van der Waals surface area contributed by atoms with Gasteiger partial charge in [0.25, 0.3) is 0 Å². The molecule has 0 aliphatic heterocycles. The number of aryl methyl sites for hydroxylation is 1. The lowest BCUT2D eigenvalue weighted by atomic mass is 10.0. The van der Waals surface area contributed by atoms with Crippen molar-refractivity contribution >= 4 is 29.3 Å². The number of carbonyl (C=O) groups is 2. The normalized spacial score (nSPS) is 12.1. The SMILES string of the molecule is CCOC(=O)[C@H](NC(=O)/C=C/c1cccs1)c1c(C)nn(-c2ccccc2)c1C. The van der Waals surface area contributed by atoms with Crippen LogP contribution in [0.3, 0.4) is 0 Å². The number of hydrogen-bond donors (Lipinski definition) is 1. The maximum absolute atomic E-state index is 12.7. The molecular formula is C22H23N3O3S. The second-order valence-corrected chi connectivity index (χ2v) is 7.35. The predicted molar refractivity (Wildman–Crippen MR) is 114 cm³/mol. The molecule has 1 atom stereocenters. The molecule has 0 radical (unpaired) electrons. The summed E-state index contributed by atoms with van der Waals surface area (Å²) in [5.74, 6) is -0.883. The van der Waals surface area contributed by atoms with Crippen LogP contribution in [0.2, 0.25) is 0 Å². The fourth-order valence-electron chi connectivity index (χ4n) is 3.10. The van der Waals surface area contributed by atoms with Gasteiger partial charge in [-0.1, -0.05) is 24.3 Å². The highest BCUT2D eigenvalue weighted by atomic mass is 32.1. The summed E-state index contributed by atoms with van der Waals surface area (Å²) in [5, 5.41) is 9.29. The quantitative estimate of drug-likeness (QED) is 0.473. The van der Waals surface area contributed by atoms with Crippen molar-refractivity contribution in [1.29, 1.82) is 0 Å². The average molecular weight is 410 g/mol. The molecule has 3 aromatic rings. The van der Waals surface area contributed by atoms with Crippen LogP contribution in [-0.2, 0) is 14.3 Å². The molecule has 29 heavy (non-hydrogen) atoms. The molecule has 1 N–H and O–H groups in total. The fourth-order valence-corrected chi connectivity index (χ4v) is 3.72. The van der Waals surface area contributed by atoms with Crippen LogP contribution in [0.4, 0.5) is 0 Å². The number of carbonyl (C=O) groups excluding carboxylic acids is 2. The molecule has 2 heterocycles. The van der Waals surface area contributed by atoms with E-state index in [0.717, 1.165) is 16.3 Å². The molecule has 1 amide bonds. The second-order valence-electron chi connectivity index (χ2n) is 6.37. The van der Waals surface area contributed by atoms with Crippen molar-refractivity contribution in [3.8, 4) is 5.69 Å². The van der Waals surface area contributed by atoms with Crippen LogP contribution in [-0.4, -0.2) is 28.3 Å². The Balaban J connectivity index is 1.92. The Bertz CT molecular complexity index is 1010. The first-order valence-corrected chi connectivity index (χ1v) is 10.2. The Morgan fingerprint density at radius 2 is 1.97 bits per heavy atom. The van der Waals surface area contributed by atoms with Crippen LogP contribution in [0.1, 0.15) is 34.8 Å². The van der Waals surface area contributed by atoms with Gasteiger partial charge in [-0.25, -0.2) is 9.48 Å². The van der Waals surface area contributed by atoms with Crippen LogP contribution in [0.25, 0.3) is 11.8 Å². The molecule has 2 aromatic heterocycles. The lowest BCUT2D eigenvalue weighted by molar-refractivity contribution is -0.147. The number of thiophene rings is 1. The van der Waals surface area contributed by atoms with Crippen molar-refractivity contribution in [2.75, 3.05) is 6.61 Å². The zero-order chi connectivity index (χ0) is 20.8. The standard InChI is InChI=1S/C22H23N3O3S/c1-4-28-22(27)21(23-19(26)13-12-18-11-8-14-29-18)20-15(2)24-25(16(20)3)17-9-6-5-7-10-17/h5-14,21H,4H2,1-3H3,(H,23,26)/b13-12+/t21-/m1/s1. The zero-order valence-corrected chi connectivity index (χ0v) is 17.4. The van der Waals surface area contributed by atoms with Crippen molar-refractivity contribution in [1.82, 2.24) is 15.1 Å². The number of amides is 1. The van der Waals surface area contributed by atoms with Crippen LogP contribution in [0.5, 0.6) is 0 Å². The van der Waals surface area contributed by atoms with Gasteiger partial charge in [-0.15, -0.1) is 11.3 Å². The smallest absolute Gasteiger partial charge is 0.333 e. The van der Waals surface area contributed by atoms with E-state index in [2.05, 4.69) is 10.4 Å². The summed E-state index contributed by atoms with van der Waals surface area (Å²) in [7, 11) is 0. The third kappa shape index (κ3) is 4.81. The van der Waals surface area contributed by atoms with Gasteiger partial charge in [0.15, 0.2) is 6.04 Å². The van der Waals surface area contributed by atoms with Gasteiger partial charge in [-0.3, -0.25) is 4.79 Å². The number of nitrogens with zero attached hydrogens (tertiary/aromatic N) is 2. The van der Waals surface area contributed by atoms with Crippen LogP contribution >= 0.6 is 11.3 Å². The van der Waals surface area contributed by atoms with E-state index in [1.807, 2.05) is 61.7 Å². The third-order valence-corrected chi connectivity index (χ3v) is 5.23. The molecule has 0 saturated heterocycles. The Morgan fingerprint density at radius 3 is 2.62 bits per heavy atom. The number of benzene rings is 1. The second kappa shape index (κ2) is 9.34. The number of rotatable bonds is 7. The molecule has 0 spiro atoms. The largest absolute Gasteiger partial charge is 0.464 e. The summed E-state index contributed by atoms with van der Waals surface area (Å²) in [6.45, 7) is 5.66. The minimum Gasteiger partial charge on any atom is -0.464 e. The molecule has 0 saturated carbocycles. The Morgan fingerprint density at radius 1 is 1.21 bits per heavy atom. The van der Waals surface area contributed by atoms with Crippen LogP contribution in [0, 0.1) is 13.8 Å². The Hall–Kier alpha value is -3.19. The summed E-state index contributed by atoms with van der Waals surface area (Å²) in [4.78, 5) is 26.1. The predicted octanol–water partition coefficient (Wildman–Crippen LogP) is 3.98. The molecule has 0 fully saturated rings. The molecule has 150 valence electrons. The molecule has 0 bridgehead atoms. The molecular weight excluding hydrogens is 386 g/mol. The van der Waals surface area contributed by atoms with E-state index in [0.29, 0.717) is 11.3 Å². The molecule has 3 rings (SSSR count). The van der Waals surface area contributed by atoms with Gasteiger partial charge in [-0.2, -0.15) is 5.10 Å². The highest BCUT2D eigenvalue weighted by Gasteiger charge is 2.30. The molecule has 1 aromatic carbocycles. The van der Waals surface area contributed by atoms with Gasteiger partial charge in [0.05, 0.1) is 18.0 Å². The summed E-state index contributed by atoms with van der Waals surface area (Å²) in [6, 6.07) is 12.5. The summed E-state index contributed by atoms with van der Waals surface area (Å²) in [5.41, 5.74) is 2.96. The first kappa shape index (κ1) is 20.5. The van der Waals surface area contributed by atoms with Crippen molar-refractivity contribution < 1.29 is 14.3 Å². The lowest BCUT2D eigenvalue weighted by Gasteiger charge is -2.17. The number of esters is 1. The Kier molecular flexibility index (Phi) is 6.61. The molecule has 0 aliphatic carbocycles. The van der Waals surface area contributed by atoms with Gasteiger partial charge in [-0.05, 0) is 50.4 Å². The van der Waals surface area contributed by atoms with E-state index < -0.39 is 12.0 Å². The van der Waals surface area contributed by atoms with Gasteiger partial charge in [0, 0.05) is 22.2 Å². The first-order chi connectivity index (χ1) is 14.0. The first-order valence-electron chi connectivity index (χ1n) is 9.31. The average Bonchev–Trinajstić information content (AvgIpc) is 3.33. The van der Waals surface area contributed by atoms with Crippen molar-refractivity contribution in [3.05, 3.63) is 75.7 Å². The van der Waals surface area contributed by atoms with E-state index in [4.69, 9.17) is 4.74 Å². The molecule has 7 heteroatoms. The van der Waals surface area contributed by atoms with E-state index >= 15 is 0 Å². The third-order valence-electron chi connectivity index (χ3n) is 4.39. The van der Waals surface area contributed by atoms with Crippen molar-refractivity contribution in [2.24, 2.45) is 0 Å². The van der Waals surface area contributed by atoms with Crippen LogP contribution in [0.15, 0.2) is 53.9 Å². The minimum atomic E-state index is -0.937. The number of para-hydroxylation sites is 1. The number of hydrogen-bond acceptors (Lipinski definition) is 5. The maximum atomic E-state index is 12.7. The van der Waals surface area contributed by atoms with Crippen LogP contribution < -0.4 is 5.32 Å². The molecule has 0 unspecified atom stereocenters. The number of nitrogens with one attached hydrogen (secondary N) is 1. The van der Waals surface area contributed by atoms with Gasteiger partial charge < -0.3 is 10.1 Å². The van der Waals surface area contributed by atoms with E-state index in [1.54, 1.807) is 17.7 Å². The van der Waals surface area contributed by atoms with E-state index in [-0.39, 0.29) is 12.5 Å². The summed E-state index contributed by atoms with van der Waals surface area (Å²) >= 11 is 1.53. The van der Waals surface area contributed by atoms with Gasteiger partial charge in [0.2, 0.25) is 5.91 Å². The van der Waals surface area contributed by atoms with Gasteiger partial charge >= 0.3 is 5.97 Å². The van der Waals surface area contributed by atoms with Crippen molar-refractivity contribution in [2.45, 2.75) is 26.8 Å². The highest BCUT2D eigenvalue weighted by molar-refractivity contribution is 7.10. The van der Waals surface area contributed by atoms with E-state index in [1.165, 1.54) is 17.4 Å². The summed E-state index contributed by atoms with van der Waals surface area (Å²) in [6.07, 6.45) is 3.14. The topological polar surface area (TPSA) is 73.2 Å². The molecule has 6 nitrogen and oxygen atoms in total. The zero-order valence-electron chi connectivity index (χ0n) is 16.6. The number of aromatic nitrogens is 2. The maximum Gasteiger partial charge on any atom is 0.333 e. The van der Waals surface area contributed by atoms with Gasteiger partial charge in [0.1, 0.15) is 0 Å².